The van der Waals surface area contributed by atoms with Crippen molar-refractivity contribution in [2.75, 3.05) is 0 Å². The molecule has 0 amide bonds. The number of hydrogen-bond acceptors (Lipinski definition) is 0. The van der Waals surface area contributed by atoms with Crippen LogP contribution in [0.15, 0.2) is 30.3 Å². The molecule has 0 aliphatic heterocycles. The van der Waals surface area contributed by atoms with E-state index in [2.05, 4.69) is 37.3 Å². The Kier molecular flexibility index (Phi) is 2.77. The third kappa shape index (κ3) is 1.82. The number of hydrogen-bond donors (Lipinski definition) is 0. The molecule has 3 aliphatic rings. The molecule has 17 heavy (non-hydrogen) atoms. The highest BCUT2D eigenvalue weighted by Crippen LogP contribution is 2.59. The second kappa shape index (κ2) is 4.15. The van der Waals surface area contributed by atoms with E-state index in [1.807, 2.05) is 0 Å². The van der Waals surface area contributed by atoms with Gasteiger partial charge in [-0.15, -0.1) is 0 Å². The van der Waals surface area contributed by atoms with Crippen molar-refractivity contribution in [1.82, 2.24) is 0 Å². The van der Waals surface area contributed by atoms with Gasteiger partial charge >= 0.3 is 0 Å². The molecular formula is C17H24. The molecule has 1 aromatic rings. The molecule has 0 nitrogen and oxygen atoms in total. The zero-order chi connectivity index (χ0) is 11.8. The lowest BCUT2D eigenvalue weighted by molar-refractivity contribution is 0.0320. The maximum atomic E-state index is 2.36. The van der Waals surface area contributed by atoms with Crippen LogP contribution in [0.1, 0.15) is 63.9 Å². The van der Waals surface area contributed by atoms with Crippen molar-refractivity contribution in [2.45, 2.75) is 63.7 Å². The van der Waals surface area contributed by atoms with Crippen LogP contribution in [0, 0.1) is 5.41 Å². The van der Waals surface area contributed by atoms with Crippen LogP contribution >= 0.6 is 0 Å². The summed E-state index contributed by atoms with van der Waals surface area (Å²) in [7, 11) is 0. The molecule has 0 unspecified atom stereocenters. The SMILES string of the molecule is CCCC12CCC(c3ccccc3)(CC1)CC2. The van der Waals surface area contributed by atoms with Crippen molar-refractivity contribution in [1.29, 1.82) is 0 Å². The van der Waals surface area contributed by atoms with E-state index >= 15 is 0 Å². The second-order valence-corrected chi connectivity index (χ2v) is 6.40. The monoisotopic (exact) mass is 228 g/mol. The summed E-state index contributed by atoms with van der Waals surface area (Å²) in [4.78, 5) is 0. The van der Waals surface area contributed by atoms with Gasteiger partial charge in [-0.1, -0.05) is 43.7 Å². The van der Waals surface area contributed by atoms with E-state index in [1.54, 1.807) is 5.56 Å². The van der Waals surface area contributed by atoms with Crippen molar-refractivity contribution in [3.8, 4) is 0 Å². The first-order chi connectivity index (χ1) is 8.29. The number of fused-ring (bicyclic) bond motifs is 3. The first-order valence-electron chi connectivity index (χ1n) is 7.34. The van der Waals surface area contributed by atoms with Crippen LogP contribution in [-0.4, -0.2) is 0 Å². The van der Waals surface area contributed by atoms with E-state index in [-0.39, 0.29) is 0 Å². The summed E-state index contributed by atoms with van der Waals surface area (Å²) in [5.74, 6) is 0. The highest BCUT2D eigenvalue weighted by Gasteiger charge is 2.48. The summed E-state index contributed by atoms with van der Waals surface area (Å²) in [5, 5.41) is 0. The Labute approximate surface area is 105 Å². The van der Waals surface area contributed by atoms with Crippen LogP contribution in [-0.2, 0) is 5.41 Å². The highest BCUT2D eigenvalue weighted by molar-refractivity contribution is 5.28. The molecule has 0 heterocycles. The van der Waals surface area contributed by atoms with Gasteiger partial charge in [-0.25, -0.2) is 0 Å². The normalized spacial score (nSPS) is 36.1. The van der Waals surface area contributed by atoms with Crippen LogP contribution in [0.25, 0.3) is 0 Å². The van der Waals surface area contributed by atoms with Gasteiger partial charge in [0.2, 0.25) is 0 Å². The first-order valence-corrected chi connectivity index (χ1v) is 7.34. The quantitative estimate of drug-likeness (QED) is 0.677. The fraction of sp³-hybridized carbons (Fsp3) is 0.647. The Bertz CT molecular complexity index is 352. The molecule has 3 aliphatic carbocycles. The molecule has 4 rings (SSSR count). The minimum Gasteiger partial charge on any atom is -0.0654 e. The number of benzene rings is 1. The van der Waals surface area contributed by atoms with E-state index in [0.717, 1.165) is 5.41 Å². The molecule has 0 radical (unpaired) electrons. The number of rotatable bonds is 3. The minimum absolute atomic E-state index is 0.552. The maximum absolute atomic E-state index is 2.36. The standard InChI is InChI=1S/C17H24/c1-2-8-16-9-12-17(13-10-16,14-11-16)15-6-4-3-5-7-15/h3-7H,2,8-14H2,1H3. The van der Waals surface area contributed by atoms with Crippen molar-refractivity contribution in [3.05, 3.63) is 35.9 Å². The van der Waals surface area contributed by atoms with E-state index in [4.69, 9.17) is 0 Å². The lowest BCUT2D eigenvalue weighted by atomic mass is 9.51. The van der Waals surface area contributed by atoms with Gasteiger partial charge in [-0.2, -0.15) is 0 Å². The average molecular weight is 228 g/mol. The lowest BCUT2D eigenvalue weighted by Crippen LogP contribution is -2.44. The van der Waals surface area contributed by atoms with Gasteiger partial charge in [0.1, 0.15) is 0 Å². The smallest absolute Gasteiger partial charge is 0.00464 e. The summed E-state index contributed by atoms with van der Waals surface area (Å²) >= 11 is 0. The Balaban J connectivity index is 1.82. The van der Waals surface area contributed by atoms with Crippen LogP contribution in [0.5, 0.6) is 0 Å². The van der Waals surface area contributed by atoms with Gasteiger partial charge in [-0.05, 0) is 61.3 Å². The fourth-order valence-corrected chi connectivity index (χ4v) is 4.39. The van der Waals surface area contributed by atoms with Gasteiger partial charge < -0.3 is 0 Å². The highest BCUT2D eigenvalue weighted by atomic mass is 14.5. The molecule has 0 spiro atoms. The van der Waals surface area contributed by atoms with Crippen LogP contribution in [0.4, 0.5) is 0 Å². The largest absolute Gasteiger partial charge is 0.0654 e. The zero-order valence-electron chi connectivity index (χ0n) is 11.0. The summed E-state index contributed by atoms with van der Waals surface area (Å²) in [6, 6.07) is 11.3. The lowest BCUT2D eigenvalue weighted by Gasteiger charge is -2.54. The molecule has 3 saturated carbocycles. The van der Waals surface area contributed by atoms with Crippen LogP contribution in [0.2, 0.25) is 0 Å². The van der Waals surface area contributed by atoms with Gasteiger partial charge in [0, 0.05) is 0 Å². The van der Waals surface area contributed by atoms with Crippen LogP contribution < -0.4 is 0 Å². The Morgan fingerprint density at radius 1 is 0.882 bits per heavy atom. The van der Waals surface area contributed by atoms with Gasteiger partial charge in [0.25, 0.3) is 0 Å². The molecule has 0 atom stereocenters. The third-order valence-corrected chi connectivity index (χ3v) is 5.57. The molecule has 92 valence electrons. The molecule has 3 fully saturated rings. The second-order valence-electron chi connectivity index (χ2n) is 6.40. The Hall–Kier alpha value is -0.780. The molecule has 1 aromatic carbocycles. The minimum atomic E-state index is 0.552. The fourth-order valence-electron chi connectivity index (χ4n) is 4.39. The summed E-state index contributed by atoms with van der Waals surface area (Å²) in [6.45, 7) is 2.35. The van der Waals surface area contributed by atoms with Crippen molar-refractivity contribution >= 4 is 0 Å². The van der Waals surface area contributed by atoms with E-state index in [1.165, 1.54) is 51.4 Å². The van der Waals surface area contributed by atoms with Crippen molar-refractivity contribution in [3.63, 3.8) is 0 Å². The van der Waals surface area contributed by atoms with E-state index in [0.29, 0.717) is 5.41 Å². The van der Waals surface area contributed by atoms with Gasteiger partial charge in [0.15, 0.2) is 0 Å². The summed E-state index contributed by atoms with van der Waals surface area (Å²) < 4.78 is 0. The maximum Gasteiger partial charge on any atom is -0.00464 e. The molecule has 2 bridgehead atoms. The molecule has 0 saturated heterocycles. The predicted molar refractivity (Wildman–Crippen MR) is 73.2 cm³/mol. The predicted octanol–water partition coefficient (Wildman–Crippen LogP) is 5.08. The Morgan fingerprint density at radius 2 is 1.47 bits per heavy atom. The molecular weight excluding hydrogens is 204 g/mol. The average Bonchev–Trinajstić information content (AvgIpc) is 2.42. The van der Waals surface area contributed by atoms with Crippen LogP contribution in [0.3, 0.4) is 0 Å². The van der Waals surface area contributed by atoms with E-state index < -0.39 is 0 Å². The molecule has 0 N–H and O–H groups in total. The van der Waals surface area contributed by atoms with Crippen molar-refractivity contribution in [2.24, 2.45) is 5.41 Å². The molecule has 0 heteroatoms. The topological polar surface area (TPSA) is 0 Å². The molecule has 0 aromatic heterocycles. The first kappa shape index (κ1) is 11.3. The summed E-state index contributed by atoms with van der Waals surface area (Å²) in [6.07, 6.45) is 11.6. The van der Waals surface area contributed by atoms with Crippen molar-refractivity contribution < 1.29 is 0 Å². The third-order valence-electron chi connectivity index (χ3n) is 5.57. The summed E-state index contributed by atoms with van der Waals surface area (Å²) in [5.41, 5.74) is 2.91. The van der Waals surface area contributed by atoms with Gasteiger partial charge in [0.05, 0.1) is 0 Å². The Morgan fingerprint density at radius 3 is 2.00 bits per heavy atom. The zero-order valence-corrected chi connectivity index (χ0v) is 11.0. The van der Waals surface area contributed by atoms with Gasteiger partial charge in [-0.3, -0.25) is 0 Å². The van der Waals surface area contributed by atoms with E-state index in [9.17, 15) is 0 Å².